The van der Waals surface area contributed by atoms with Crippen molar-refractivity contribution in [1.29, 1.82) is 0 Å². The van der Waals surface area contributed by atoms with Gasteiger partial charge in [-0.15, -0.1) is 0 Å². The van der Waals surface area contributed by atoms with E-state index in [-0.39, 0.29) is 12.0 Å². The minimum atomic E-state index is 0.197. The minimum Gasteiger partial charge on any atom is -0.372 e. The second-order valence-corrected chi connectivity index (χ2v) is 7.16. The van der Waals surface area contributed by atoms with Crippen molar-refractivity contribution in [3.63, 3.8) is 0 Å². The maximum absolute atomic E-state index is 12.5. The van der Waals surface area contributed by atoms with Gasteiger partial charge in [-0.2, -0.15) is 0 Å². The van der Waals surface area contributed by atoms with Gasteiger partial charge in [0.15, 0.2) is 5.84 Å². The van der Waals surface area contributed by atoms with Crippen LogP contribution in [0.25, 0.3) is 0 Å². The topological polar surface area (TPSA) is 66.6 Å². The number of carbonyl (C=O) groups excluding carboxylic acids is 1. The van der Waals surface area contributed by atoms with Crippen LogP contribution in [0, 0.1) is 5.92 Å². The van der Waals surface area contributed by atoms with Gasteiger partial charge in [-0.1, -0.05) is 33.3 Å². The molecule has 0 radical (unpaired) electrons. The lowest BCUT2D eigenvalue weighted by atomic mass is 10.0. The van der Waals surface area contributed by atoms with E-state index in [1.807, 2.05) is 18.7 Å². The van der Waals surface area contributed by atoms with Gasteiger partial charge in [0.05, 0.1) is 25.0 Å². The largest absolute Gasteiger partial charge is 0.372 e. The van der Waals surface area contributed by atoms with Gasteiger partial charge in [-0.25, -0.2) is 4.99 Å². The molecule has 0 bridgehead atoms. The summed E-state index contributed by atoms with van der Waals surface area (Å²) in [6, 6.07) is 0. The molecule has 3 aliphatic rings. The molecule has 0 N–H and O–H groups in total. The zero-order valence-corrected chi connectivity index (χ0v) is 17.4. The van der Waals surface area contributed by atoms with Crippen molar-refractivity contribution < 1.29 is 9.53 Å². The fraction of sp³-hybridized carbons (Fsp3) is 0.636. The number of hydrogen-bond acceptors (Lipinski definition) is 5. The summed E-state index contributed by atoms with van der Waals surface area (Å²) in [7, 11) is 0. The first-order valence-electron chi connectivity index (χ1n) is 10.5. The summed E-state index contributed by atoms with van der Waals surface area (Å²) in [5.74, 6) is 1.27. The fourth-order valence-electron chi connectivity index (χ4n) is 3.74. The smallest absolute Gasteiger partial charge is 0.225 e. The van der Waals surface area contributed by atoms with E-state index in [9.17, 15) is 4.79 Å². The molecular weight excluding hydrogens is 352 g/mol. The predicted molar refractivity (Wildman–Crippen MR) is 116 cm³/mol. The van der Waals surface area contributed by atoms with Crippen LogP contribution in [-0.4, -0.2) is 61.4 Å². The van der Waals surface area contributed by atoms with Crippen LogP contribution in [0.4, 0.5) is 0 Å². The normalized spacial score (nSPS) is 20.6. The lowest BCUT2D eigenvalue weighted by Crippen LogP contribution is -2.43. The van der Waals surface area contributed by atoms with E-state index in [1.165, 1.54) is 12.8 Å². The molecule has 1 saturated carbocycles. The van der Waals surface area contributed by atoms with E-state index in [2.05, 4.69) is 28.3 Å². The number of aliphatic imine (C=N–C) groups is 3. The van der Waals surface area contributed by atoms with Gasteiger partial charge in [-0.3, -0.25) is 14.8 Å². The molecule has 2 aliphatic heterocycles. The summed E-state index contributed by atoms with van der Waals surface area (Å²) in [6.07, 6.45) is 9.87. The molecule has 0 atom stereocenters. The Morgan fingerprint density at radius 2 is 1.93 bits per heavy atom. The molecular formula is C22H34N4O2. The van der Waals surface area contributed by atoms with Gasteiger partial charge < -0.3 is 9.64 Å². The van der Waals surface area contributed by atoms with E-state index in [0.717, 1.165) is 50.1 Å². The molecule has 1 aliphatic carbocycles. The molecule has 6 heteroatoms. The summed E-state index contributed by atoms with van der Waals surface area (Å²) in [5, 5.41) is 0. The van der Waals surface area contributed by atoms with Crippen molar-refractivity contribution in [3.05, 3.63) is 24.4 Å². The number of hydrogen-bond donors (Lipinski definition) is 0. The predicted octanol–water partition coefficient (Wildman–Crippen LogP) is 3.83. The Morgan fingerprint density at radius 1 is 1.25 bits per heavy atom. The maximum Gasteiger partial charge on any atom is 0.225 e. The Hall–Kier alpha value is -2.08. The van der Waals surface area contributed by atoms with Crippen molar-refractivity contribution in [2.75, 3.05) is 26.2 Å². The zero-order chi connectivity index (χ0) is 20.4. The van der Waals surface area contributed by atoms with Crippen molar-refractivity contribution in [2.24, 2.45) is 20.9 Å². The Bertz CT molecular complexity index is 637. The first-order valence-corrected chi connectivity index (χ1v) is 10.5. The van der Waals surface area contributed by atoms with Crippen LogP contribution in [0.3, 0.4) is 0 Å². The number of piperidine rings is 1. The molecule has 0 aromatic rings. The first-order chi connectivity index (χ1) is 13.7. The van der Waals surface area contributed by atoms with Crippen molar-refractivity contribution in [2.45, 2.75) is 58.5 Å². The SMILES string of the molecule is C=N/C=C\C(=C)C1=NCC(COC2CCN(C(=O)C3CCCC3)CC2)=N1.CC. The van der Waals surface area contributed by atoms with Gasteiger partial charge in [-0.05, 0) is 38.5 Å². The van der Waals surface area contributed by atoms with E-state index in [0.29, 0.717) is 24.9 Å². The molecule has 1 saturated heterocycles. The summed E-state index contributed by atoms with van der Waals surface area (Å²) in [5.41, 5.74) is 1.65. The maximum atomic E-state index is 12.5. The van der Waals surface area contributed by atoms with Gasteiger partial charge in [0, 0.05) is 30.8 Å². The third-order valence-electron chi connectivity index (χ3n) is 5.29. The Balaban J connectivity index is 0.00000136. The quantitative estimate of drug-likeness (QED) is 0.493. The third kappa shape index (κ3) is 6.23. The summed E-state index contributed by atoms with van der Waals surface area (Å²) < 4.78 is 6.01. The van der Waals surface area contributed by atoms with Crippen LogP contribution < -0.4 is 0 Å². The average molecular weight is 387 g/mol. The number of likely N-dealkylation sites (tertiary alicyclic amines) is 1. The van der Waals surface area contributed by atoms with Crippen LogP contribution >= 0.6 is 0 Å². The van der Waals surface area contributed by atoms with Gasteiger partial charge in [0.25, 0.3) is 0 Å². The van der Waals surface area contributed by atoms with Crippen molar-refractivity contribution in [1.82, 2.24) is 4.90 Å². The fourth-order valence-corrected chi connectivity index (χ4v) is 3.74. The van der Waals surface area contributed by atoms with Crippen molar-refractivity contribution in [3.8, 4) is 0 Å². The summed E-state index contributed by atoms with van der Waals surface area (Å²) in [6.45, 7) is 14.0. The Labute approximate surface area is 169 Å². The lowest BCUT2D eigenvalue weighted by molar-refractivity contribution is -0.137. The highest BCUT2D eigenvalue weighted by Crippen LogP contribution is 2.28. The van der Waals surface area contributed by atoms with Gasteiger partial charge >= 0.3 is 0 Å². The number of rotatable bonds is 7. The molecule has 2 heterocycles. The molecule has 6 nitrogen and oxygen atoms in total. The monoisotopic (exact) mass is 386 g/mol. The highest BCUT2D eigenvalue weighted by molar-refractivity contribution is 6.12. The Morgan fingerprint density at radius 3 is 2.57 bits per heavy atom. The number of ether oxygens (including phenoxy) is 1. The van der Waals surface area contributed by atoms with Gasteiger partial charge in [0.1, 0.15) is 0 Å². The number of carbonyl (C=O) groups is 1. The molecule has 0 spiro atoms. The molecule has 3 rings (SSSR count). The second-order valence-electron chi connectivity index (χ2n) is 7.16. The highest BCUT2D eigenvalue weighted by Gasteiger charge is 2.30. The standard InChI is InChI=1S/C20H28N4O2.C2H6/c1-15(7-10-21-2)19-22-13-17(23-19)14-26-18-8-11-24(12-9-18)20(25)16-5-3-4-6-16;1-2/h7,10,16,18H,1-6,8-9,11-14H2;1-2H3/b10-7-;. The number of nitrogens with zero attached hydrogens (tertiary/aromatic N) is 4. The third-order valence-corrected chi connectivity index (χ3v) is 5.29. The average Bonchev–Trinajstić information content (AvgIpc) is 3.44. The number of amidine groups is 1. The van der Waals surface area contributed by atoms with E-state index in [4.69, 9.17) is 4.74 Å². The first kappa shape index (κ1) is 22.2. The van der Waals surface area contributed by atoms with Crippen molar-refractivity contribution >= 4 is 24.2 Å². The summed E-state index contributed by atoms with van der Waals surface area (Å²) >= 11 is 0. The molecule has 2 fully saturated rings. The highest BCUT2D eigenvalue weighted by atomic mass is 16.5. The molecule has 154 valence electrons. The number of amides is 1. The second kappa shape index (κ2) is 11.7. The van der Waals surface area contributed by atoms with Crippen LogP contribution in [0.5, 0.6) is 0 Å². The molecule has 0 aromatic carbocycles. The molecule has 0 aromatic heterocycles. The zero-order valence-electron chi connectivity index (χ0n) is 17.4. The lowest BCUT2D eigenvalue weighted by Gasteiger charge is -2.33. The van der Waals surface area contributed by atoms with Gasteiger partial charge in [0.2, 0.25) is 5.91 Å². The van der Waals surface area contributed by atoms with Crippen LogP contribution in [0.1, 0.15) is 52.4 Å². The molecule has 0 unspecified atom stereocenters. The summed E-state index contributed by atoms with van der Waals surface area (Å²) in [4.78, 5) is 27.0. The minimum absolute atomic E-state index is 0.197. The Kier molecular flexibility index (Phi) is 9.28. The van der Waals surface area contributed by atoms with E-state index < -0.39 is 0 Å². The van der Waals surface area contributed by atoms with E-state index >= 15 is 0 Å². The van der Waals surface area contributed by atoms with Crippen LogP contribution in [0.2, 0.25) is 0 Å². The molecule has 1 amide bonds. The van der Waals surface area contributed by atoms with Crippen LogP contribution in [-0.2, 0) is 9.53 Å². The molecule has 28 heavy (non-hydrogen) atoms. The van der Waals surface area contributed by atoms with Crippen LogP contribution in [0.15, 0.2) is 39.4 Å². The van der Waals surface area contributed by atoms with E-state index in [1.54, 1.807) is 12.3 Å².